The largest absolute Gasteiger partial charge is 0.345 e. The number of thiazole rings is 1. The Hall–Kier alpha value is -2.73. The lowest BCUT2D eigenvalue weighted by Gasteiger charge is -2.05. The molecule has 1 aromatic carbocycles. The average molecular weight is 325 g/mol. The molecule has 116 valence electrons. The molecule has 0 aliphatic rings. The van der Waals surface area contributed by atoms with Gasteiger partial charge in [0.2, 0.25) is 5.91 Å². The lowest BCUT2D eigenvalue weighted by Crippen LogP contribution is -2.14. The first-order valence-corrected chi connectivity index (χ1v) is 8.05. The second-order valence-electron chi connectivity index (χ2n) is 4.95. The van der Waals surface area contributed by atoms with Crippen molar-refractivity contribution in [1.29, 1.82) is 0 Å². The van der Waals surface area contributed by atoms with Crippen LogP contribution in [0, 0.1) is 0 Å². The first-order valence-electron chi connectivity index (χ1n) is 7.17. The summed E-state index contributed by atoms with van der Waals surface area (Å²) in [6.07, 6.45) is 2.86. The highest BCUT2D eigenvalue weighted by Crippen LogP contribution is 2.24. The van der Waals surface area contributed by atoms with E-state index >= 15 is 0 Å². The number of nitrogens with zero attached hydrogens (tertiary/aromatic N) is 2. The molecule has 2 heterocycles. The van der Waals surface area contributed by atoms with E-state index in [-0.39, 0.29) is 12.3 Å². The van der Waals surface area contributed by atoms with Crippen LogP contribution >= 0.6 is 11.3 Å². The molecule has 3 aromatic rings. The first kappa shape index (κ1) is 15.2. The molecule has 1 N–H and O–H groups in total. The Morgan fingerprint density at radius 2 is 2.04 bits per heavy atom. The zero-order chi connectivity index (χ0) is 16.1. The van der Waals surface area contributed by atoms with Crippen molar-refractivity contribution in [3.63, 3.8) is 0 Å². The van der Waals surface area contributed by atoms with Crippen LogP contribution in [0.3, 0.4) is 0 Å². The molecule has 23 heavy (non-hydrogen) atoms. The molecule has 0 aliphatic carbocycles. The van der Waals surface area contributed by atoms with Crippen LogP contribution in [0.25, 0.3) is 11.3 Å². The van der Waals surface area contributed by atoms with Gasteiger partial charge in [0.15, 0.2) is 11.4 Å². The molecule has 0 saturated carbocycles. The number of benzene rings is 1. The Morgan fingerprint density at radius 1 is 1.22 bits per heavy atom. The monoisotopic (exact) mass is 325 g/mol. The molecule has 6 heteroatoms. The molecule has 1 amide bonds. The molecule has 0 atom stereocenters. The van der Waals surface area contributed by atoms with Gasteiger partial charge in [0.1, 0.15) is 0 Å². The van der Waals surface area contributed by atoms with E-state index in [1.807, 2.05) is 35.7 Å². The van der Waals surface area contributed by atoms with E-state index in [0.717, 1.165) is 17.5 Å². The smallest absolute Gasteiger partial charge is 0.227 e. The van der Waals surface area contributed by atoms with Gasteiger partial charge in [-0.3, -0.25) is 9.59 Å². The summed E-state index contributed by atoms with van der Waals surface area (Å²) in [6.45, 7) is 0.462. The molecular formula is C17H15N3O2S. The number of aromatic nitrogens is 2. The predicted molar refractivity (Wildman–Crippen MR) is 90.6 cm³/mol. The van der Waals surface area contributed by atoms with E-state index < -0.39 is 0 Å². The number of amides is 1. The van der Waals surface area contributed by atoms with Crippen molar-refractivity contribution in [2.45, 2.75) is 13.0 Å². The van der Waals surface area contributed by atoms with Crippen molar-refractivity contribution >= 4 is 28.7 Å². The fourth-order valence-corrected chi connectivity index (χ4v) is 2.95. The molecule has 5 nitrogen and oxygen atoms in total. The summed E-state index contributed by atoms with van der Waals surface area (Å²) in [4.78, 5) is 27.3. The van der Waals surface area contributed by atoms with E-state index in [2.05, 4.69) is 10.3 Å². The van der Waals surface area contributed by atoms with E-state index in [1.54, 1.807) is 22.9 Å². The molecular weight excluding hydrogens is 310 g/mol. The van der Waals surface area contributed by atoms with Crippen molar-refractivity contribution in [2.24, 2.45) is 0 Å². The number of rotatable bonds is 6. The minimum atomic E-state index is -0.121. The minimum Gasteiger partial charge on any atom is -0.345 e. The number of anilines is 1. The van der Waals surface area contributed by atoms with Gasteiger partial charge >= 0.3 is 0 Å². The van der Waals surface area contributed by atoms with Gasteiger partial charge < -0.3 is 9.88 Å². The van der Waals surface area contributed by atoms with Gasteiger partial charge in [-0.2, -0.15) is 0 Å². The molecule has 0 bridgehead atoms. The van der Waals surface area contributed by atoms with Gasteiger partial charge in [-0.05, 0) is 12.1 Å². The lowest BCUT2D eigenvalue weighted by atomic mass is 10.2. The summed E-state index contributed by atoms with van der Waals surface area (Å²) in [5.41, 5.74) is 2.44. The van der Waals surface area contributed by atoms with Crippen LogP contribution in [0.4, 0.5) is 5.13 Å². The minimum absolute atomic E-state index is 0.121. The highest BCUT2D eigenvalue weighted by molar-refractivity contribution is 7.14. The van der Waals surface area contributed by atoms with Crippen LogP contribution in [-0.2, 0) is 11.3 Å². The van der Waals surface area contributed by atoms with Crippen LogP contribution in [0.5, 0.6) is 0 Å². The average Bonchev–Trinajstić information content (AvgIpc) is 3.22. The number of carbonyl (C=O) groups excluding carboxylic acids is 2. The third-order valence-corrected chi connectivity index (χ3v) is 4.14. The van der Waals surface area contributed by atoms with Gasteiger partial charge in [0.25, 0.3) is 0 Å². The molecule has 2 aromatic heterocycles. The highest BCUT2D eigenvalue weighted by Gasteiger charge is 2.09. The number of hydrogen-bond acceptors (Lipinski definition) is 4. The maximum absolute atomic E-state index is 12.0. The summed E-state index contributed by atoms with van der Waals surface area (Å²) in [7, 11) is 0. The van der Waals surface area contributed by atoms with E-state index in [1.165, 1.54) is 11.3 Å². The fraction of sp³-hybridized carbons (Fsp3) is 0.118. The Kier molecular flexibility index (Phi) is 4.63. The van der Waals surface area contributed by atoms with Crippen LogP contribution in [0.15, 0.2) is 54.0 Å². The quantitative estimate of drug-likeness (QED) is 0.706. The van der Waals surface area contributed by atoms with Crippen LogP contribution in [0.1, 0.15) is 16.9 Å². The van der Waals surface area contributed by atoms with E-state index in [4.69, 9.17) is 0 Å². The SMILES string of the molecule is O=Cc1cccn1CCC(=O)Nc1nc(-c2ccccc2)cs1. The van der Waals surface area contributed by atoms with Crippen molar-refractivity contribution in [3.8, 4) is 11.3 Å². The lowest BCUT2D eigenvalue weighted by molar-refractivity contribution is -0.116. The van der Waals surface area contributed by atoms with Crippen LogP contribution in [0.2, 0.25) is 0 Å². The highest BCUT2D eigenvalue weighted by atomic mass is 32.1. The molecule has 3 rings (SSSR count). The van der Waals surface area contributed by atoms with Gasteiger partial charge in [0.05, 0.1) is 11.4 Å². The Labute approximate surface area is 137 Å². The second-order valence-corrected chi connectivity index (χ2v) is 5.80. The molecule has 0 radical (unpaired) electrons. The van der Waals surface area contributed by atoms with Crippen molar-refractivity contribution in [2.75, 3.05) is 5.32 Å². The predicted octanol–water partition coefficient (Wildman–Crippen LogP) is 3.45. The normalized spacial score (nSPS) is 10.4. The number of hydrogen-bond donors (Lipinski definition) is 1. The van der Waals surface area contributed by atoms with Gasteiger partial charge in [-0.25, -0.2) is 4.98 Å². The zero-order valence-corrected chi connectivity index (χ0v) is 13.1. The van der Waals surface area contributed by atoms with E-state index in [0.29, 0.717) is 17.4 Å². The summed E-state index contributed by atoms with van der Waals surface area (Å²) in [5, 5.41) is 5.30. The summed E-state index contributed by atoms with van der Waals surface area (Å²) in [5.74, 6) is -0.121. The molecule has 0 aliphatic heterocycles. The van der Waals surface area contributed by atoms with Gasteiger partial charge in [0, 0.05) is 30.1 Å². The van der Waals surface area contributed by atoms with Crippen LogP contribution in [-0.4, -0.2) is 21.7 Å². The van der Waals surface area contributed by atoms with Gasteiger partial charge in [-0.1, -0.05) is 30.3 Å². The fourth-order valence-electron chi connectivity index (χ4n) is 2.21. The van der Waals surface area contributed by atoms with Crippen molar-refractivity contribution < 1.29 is 9.59 Å². The number of nitrogens with one attached hydrogen (secondary N) is 1. The first-order chi connectivity index (χ1) is 11.3. The van der Waals surface area contributed by atoms with E-state index in [9.17, 15) is 9.59 Å². The Balaban J connectivity index is 1.58. The van der Waals surface area contributed by atoms with Crippen LogP contribution < -0.4 is 5.32 Å². The number of carbonyl (C=O) groups is 2. The van der Waals surface area contributed by atoms with Crippen molar-refractivity contribution in [1.82, 2.24) is 9.55 Å². The Morgan fingerprint density at radius 3 is 2.83 bits per heavy atom. The van der Waals surface area contributed by atoms with Gasteiger partial charge in [-0.15, -0.1) is 11.3 Å². The third-order valence-electron chi connectivity index (χ3n) is 3.39. The topological polar surface area (TPSA) is 64.0 Å². The Bertz CT molecular complexity index is 808. The molecule has 0 saturated heterocycles. The summed E-state index contributed by atoms with van der Waals surface area (Å²) < 4.78 is 1.75. The standard InChI is InChI=1S/C17H15N3O2S/c21-11-14-7-4-9-20(14)10-8-16(22)19-17-18-15(12-23-17)13-5-2-1-3-6-13/h1-7,9,11-12H,8,10H2,(H,18,19,22). The molecule has 0 fully saturated rings. The molecule has 0 spiro atoms. The van der Waals surface area contributed by atoms with Crippen molar-refractivity contribution in [3.05, 3.63) is 59.7 Å². The maximum atomic E-state index is 12.0. The third kappa shape index (κ3) is 3.73. The summed E-state index contributed by atoms with van der Waals surface area (Å²) in [6, 6.07) is 13.3. The second kappa shape index (κ2) is 7.02. The molecule has 0 unspecified atom stereocenters. The number of aldehydes is 1. The zero-order valence-electron chi connectivity index (χ0n) is 12.3. The number of aryl methyl sites for hydroxylation is 1. The summed E-state index contributed by atoms with van der Waals surface area (Å²) >= 11 is 1.40. The maximum Gasteiger partial charge on any atom is 0.227 e.